The third-order valence-corrected chi connectivity index (χ3v) is 3.82. The fourth-order valence-corrected chi connectivity index (χ4v) is 2.40. The van der Waals surface area contributed by atoms with Crippen molar-refractivity contribution in [3.8, 4) is 0 Å². The SMILES string of the molecule is Cc1nc(Cc2ccccc2)ncc1C(=O)NC(/C=C/C(C)(C)C)C(=O)O. The van der Waals surface area contributed by atoms with Crippen molar-refractivity contribution in [1.82, 2.24) is 15.3 Å². The maximum atomic E-state index is 12.5. The first kappa shape index (κ1) is 20.3. The highest BCUT2D eigenvalue weighted by atomic mass is 16.4. The van der Waals surface area contributed by atoms with Crippen molar-refractivity contribution >= 4 is 11.9 Å². The van der Waals surface area contributed by atoms with Gasteiger partial charge >= 0.3 is 5.97 Å². The molecular weight excluding hydrogens is 342 g/mol. The van der Waals surface area contributed by atoms with Gasteiger partial charge < -0.3 is 10.4 Å². The largest absolute Gasteiger partial charge is 0.479 e. The van der Waals surface area contributed by atoms with Crippen LogP contribution in [0.15, 0.2) is 48.7 Å². The van der Waals surface area contributed by atoms with Crippen LogP contribution in [0, 0.1) is 12.3 Å². The lowest BCUT2D eigenvalue weighted by atomic mass is 9.95. The molecule has 1 aromatic carbocycles. The minimum absolute atomic E-state index is 0.184. The summed E-state index contributed by atoms with van der Waals surface area (Å²) in [7, 11) is 0. The van der Waals surface area contributed by atoms with Crippen LogP contribution in [-0.2, 0) is 11.2 Å². The van der Waals surface area contributed by atoms with E-state index in [1.807, 2.05) is 51.1 Å². The summed E-state index contributed by atoms with van der Waals surface area (Å²) >= 11 is 0. The molecule has 1 heterocycles. The van der Waals surface area contributed by atoms with Crippen LogP contribution in [0.25, 0.3) is 0 Å². The third-order valence-electron chi connectivity index (χ3n) is 3.82. The number of hydrogen-bond acceptors (Lipinski definition) is 4. The second-order valence-electron chi connectivity index (χ2n) is 7.46. The molecular formula is C21H25N3O3. The van der Waals surface area contributed by atoms with E-state index in [-0.39, 0.29) is 11.0 Å². The van der Waals surface area contributed by atoms with E-state index >= 15 is 0 Å². The van der Waals surface area contributed by atoms with E-state index in [0.29, 0.717) is 17.9 Å². The summed E-state index contributed by atoms with van der Waals surface area (Å²) in [6.07, 6.45) is 5.26. The molecule has 2 aromatic rings. The lowest BCUT2D eigenvalue weighted by Gasteiger charge is -2.15. The zero-order valence-electron chi connectivity index (χ0n) is 16.1. The topological polar surface area (TPSA) is 92.2 Å². The molecule has 2 rings (SSSR count). The summed E-state index contributed by atoms with van der Waals surface area (Å²) in [5.74, 6) is -1.02. The van der Waals surface area contributed by atoms with E-state index in [1.165, 1.54) is 12.3 Å². The smallest absolute Gasteiger partial charge is 0.330 e. The average molecular weight is 367 g/mol. The van der Waals surface area contributed by atoms with Crippen molar-refractivity contribution in [2.24, 2.45) is 5.41 Å². The van der Waals surface area contributed by atoms with Crippen molar-refractivity contribution in [2.45, 2.75) is 40.2 Å². The van der Waals surface area contributed by atoms with Crippen LogP contribution in [0.5, 0.6) is 0 Å². The number of carbonyl (C=O) groups is 2. The summed E-state index contributed by atoms with van der Waals surface area (Å²) in [5, 5.41) is 11.9. The van der Waals surface area contributed by atoms with E-state index in [0.717, 1.165) is 5.56 Å². The molecule has 0 bridgehead atoms. The average Bonchev–Trinajstić information content (AvgIpc) is 2.58. The van der Waals surface area contributed by atoms with Gasteiger partial charge in [0, 0.05) is 12.6 Å². The Morgan fingerprint density at radius 2 is 1.89 bits per heavy atom. The van der Waals surface area contributed by atoms with Gasteiger partial charge in [-0.1, -0.05) is 63.3 Å². The van der Waals surface area contributed by atoms with Crippen LogP contribution in [0.3, 0.4) is 0 Å². The summed E-state index contributed by atoms with van der Waals surface area (Å²) in [6, 6.07) is 8.69. The van der Waals surface area contributed by atoms with Crippen molar-refractivity contribution in [2.75, 3.05) is 0 Å². The molecule has 0 aliphatic heterocycles. The van der Waals surface area contributed by atoms with Gasteiger partial charge in [0.15, 0.2) is 0 Å². The Labute approximate surface area is 159 Å². The minimum Gasteiger partial charge on any atom is -0.479 e. The van der Waals surface area contributed by atoms with Crippen LogP contribution in [0.1, 0.15) is 48.2 Å². The Kier molecular flexibility index (Phi) is 6.45. The van der Waals surface area contributed by atoms with Gasteiger partial charge in [0.25, 0.3) is 5.91 Å². The summed E-state index contributed by atoms with van der Waals surface area (Å²) in [5.41, 5.74) is 1.67. The number of hydrogen-bond donors (Lipinski definition) is 2. The second-order valence-corrected chi connectivity index (χ2v) is 7.46. The van der Waals surface area contributed by atoms with Gasteiger partial charge in [0.2, 0.25) is 0 Å². The fraction of sp³-hybridized carbons (Fsp3) is 0.333. The van der Waals surface area contributed by atoms with Gasteiger partial charge in [0.1, 0.15) is 11.9 Å². The van der Waals surface area contributed by atoms with Crippen LogP contribution in [0.4, 0.5) is 0 Å². The Bertz CT molecular complexity index is 839. The van der Waals surface area contributed by atoms with Crippen LogP contribution in [0.2, 0.25) is 0 Å². The molecule has 6 heteroatoms. The summed E-state index contributed by atoms with van der Waals surface area (Å²) in [6.45, 7) is 7.57. The zero-order valence-corrected chi connectivity index (χ0v) is 16.1. The van der Waals surface area contributed by atoms with Crippen molar-refractivity contribution in [1.29, 1.82) is 0 Å². The molecule has 142 valence electrons. The molecule has 2 N–H and O–H groups in total. The molecule has 6 nitrogen and oxygen atoms in total. The van der Waals surface area contributed by atoms with Gasteiger partial charge in [-0.3, -0.25) is 4.79 Å². The maximum absolute atomic E-state index is 12.5. The number of aryl methyl sites for hydroxylation is 1. The number of aromatic nitrogens is 2. The number of carboxylic acid groups (broad SMARTS) is 1. The lowest BCUT2D eigenvalue weighted by molar-refractivity contribution is -0.137. The number of benzene rings is 1. The molecule has 0 aliphatic rings. The zero-order chi connectivity index (χ0) is 20.0. The predicted molar refractivity (Wildman–Crippen MR) is 104 cm³/mol. The van der Waals surface area contributed by atoms with Crippen molar-refractivity contribution in [3.63, 3.8) is 0 Å². The molecule has 0 saturated carbocycles. The number of rotatable bonds is 6. The molecule has 0 saturated heterocycles. The normalized spacial score (nSPS) is 12.7. The molecule has 0 spiro atoms. The number of carbonyl (C=O) groups excluding carboxylic acids is 1. The number of amides is 1. The van der Waals surface area contributed by atoms with Crippen LogP contribution < -0.4 is 5.32 Å². The Hall–Kier alpha value is -3.02. The van der Waals surface area contributed by atoms with Gasteiger partial charge in [0.05, 0.1) is 11.3 Å². The van der Waals surface area contributed by atoms with Gasteiger partial charge in [-0.25, -0.2) is 14.8 Å². The number of nitrogens with zero attached hydrogens (tertiary/aromatic N) is 2. The Morgan fingerprint density at radius 3 is 2.44 bits per heavy atom. The molecule has 0 radical (unpaired) electrons. The Morgan fingerprint density at radius 1 is 1.22 bits per heavy atom. The molecule has 0 fully saturated rings. The first-order chi connectivity index (χ1) is 12.7. The summed E-state index contributed by atoms with van der Waals surface area (Å²) in [4.78, 5) is 32.6. The lowest BCUT2D eigenvalue weighted by Crippen LogP contribution is -2.40. The molecule has 1 aromatic heterocycles. The van der Waals surface area contributed by atoms with Crippen molar-refractivity contribution in [3.05, 3.63) is 71.3 Å². The first-order valence-corrected chi connectivity index (χ1v) is 8.75. The molecule has 1 atom stereocenters. The number of allylic oxidation sites excluding steroid dienone is 1. The highest BCUT2D eigenvalue weighted by Crippen LogP contribution is 2.15. The van der Waals surface area contributed by atoms with Crippen LogP contribution in [-0.4, -0.2) is 33.0 Å². The number of aliphatic carboxylic acids is 1. The standard InChI is InChI=1S/C21H25N3O3/c1-14-16(13-22-18(23-14)12-15-8-6-5-7-9-15)19(25)24-17(20(26)27)10-11-21(2,3)4/h5-11,13,17H,12H2,1-4H3,(H,24,25)(H,26,27)/b11-10+. The van der Waals surface area contributed by atoms with E-state index in [1.54, 1.807) is 13.0 Å². The van der Waals surface area contributed by atoms with Crippen LogP contribution >= 0.6 is 0 Å². The Balaban J connectivity index is 2.13. The van der Waals surface area contributed by atoms with E-state index in [4.69, 9.17) is 0 Å². The number of nitrogens with one attached hydrogen (secondary N) is 1. The first-order valence-electron chi connectivity index (χ1n) is 8.75. The predicted octanol–water partition coefficient (Wildman–Crippen LogP) is 3.16. The van der Waals surface area contributed by atoms with E-state index in [9.17, 15) is 14.7 Å². The highest BCUT2D eigenvalue weighted by molar-refractivity contribution is 5.97. The quantitative estimate of drug-likeness (QED) is 0.765. The van der Waals surface area contributed by atoms with E-state index in [2.05, 4.69) is 15.3 Å². The monoisotopic (exact) mass is 367 g/mol. The molecule has 1 amide bonds. The highest BCUT2D eigenvalue weighted by Gasteiger charge is 2.21. The minimum atomic E-state index is -1.12. The molecule has 1 unspecified atom stereocenters. The van der Waals surface area contributed by atoms with E-state index < -0.39 is 17.9 Å². The number of carboxylic acids is 1. The fourth-order valence-electron chi connectivity index (χ4n) is 2.40. The van der Waals surface area contributed by atoms with Gasteiger partial charge in [-0.15, -0.1) is 0 Å². The van der Waals surface area contributed by atoms with Gasteiger partial charge in [-0.05, 0) is 17.9 Å². The molecule has 27 heavy (non-hydrogen) atoms. The second kappa shape index (κ2) is 8.58. The van der Waals surface area contributed by atoms with Gasteiger partial charge in [-0.2, -0.15) is 0 Å². The molecule has 0 aliphatic carbocycles. The summed E-state index contributed by atoms with van der Waals surface area (Å²) < 4.78 is 0. The third kappa shape index (κ3) is 6.33. The maximum Gasteiger partial charge on any atom is 0.330 e. The van der Waals surface area contributed by atoms with Crippen molar-refractivity contribution < 1.29 is 14.7 Å².